The van der Waals surface area contributed by atoms with E-state index in [-0.39, 0.29) is 5.82 Å². The van der Waals surface area contributed by atoms with E-state index in [0.29, 0.717) is 11.4 Å². The van der Waals surface area contributed by atoms with Crippen LogP contribution in [-0.2, 0) is 0 Å². The fourth-order valence-corrected chi connectivity index (χ4v) is 2.49. The van der Waals surface area contributed by atoms with Gasteiger partial charge in [0.25, 0.3) is 0 Å². The first-order valence-electron chi connectivity index (χ1n) is 6.35. The second kappa shape index (κ2) is 5.80. The molecular formula is C13H13BrFN5. The van der Waals surface area contributed by atoms with Crippen molar-refractivity contribution in [2.45, 2.75) is 0 Å². The molecule has 1 aromatic carbocycles. The molecule has 2 heterocycles. The number of nitrogens with zero attached hydrogens (tertiary/aromatic N) is 4. The lowest BCUT2D eigenvalue weighted by atomic mass is 10.2. The van der Waals surface area contributed by atoms with Crippen molar-refractivity contribution in [3.63, 3.8) is 0 Å². The van der Waals surface area contributed by atoms with Crippen LogP contribution in [0.3, 0.4) is 0 Å². The van der Waals surface area contributed by atoms with Crippen LogP contribution in [0.1, 0.15) is 0 Å². The fraction of sp³-hybridized carbons (Fsp3) is 0.308. The van der Waals surface area contributed by atoms with Gasteiger partial charge in [-0.3, -0.25) is 0 Å². The molecule has 104 valence electrons. The fourth-order valence-electron chi connectivity index (χ4n) is 2.12. The SMILES string of the molecule is Fc1ccc(Br)cc1-c1nncc(N2CCNCC2)n1. The van der Waals surface area contributed by atoms with Gasteiger partial charge in [0.1, 0.15) is 5.82 Å². The monoisotopic (exact) mass is 337 g/mol. The van der Waals surface area contributed by atoms with Crippen LogP contribution in [0, 0.1) is 5.82 Å². The predicted molar refractivity (Wildman–Crippen MR) is 78.0 cm³/mol. The zero-order valence-corrected chi connectivity index (χ0v) is 12.3. The molecular weight excluding hydrogens is 325 g/mol. The summed E-state index contributed by atoms with van der Waals surface area (Å²) in [5.74, 6) is 0.683. The summed E-state index contributed by atoms with van der Waals surface area (Å²) in [7, 11) is 0. The molecule has 0 bridgehead atoms. The second-order valence-electron chi connectivity index (χ2n) is 4.50. The molecule has 1 aliphatic rings. The zero-order valence-electron chi connectivity index (χ0n) is 10.7. The number of piperazine rings is 1. The number of benzene rings is 1. The standard InChI is InChI=1S/C13H13BrFN5/c14-9-1-2-11(15)10(7-9)13-18-12(8-17-19-13)20-5-3-16-4-6-20/h1-2,7-8,16H,3-6H2. The molecule has 0 aliphatic carbocycles. The maximum atomic E-state index is 13.9. The van der Waals surface area contributed by atoms with Crippen LogP contribution in [0.5, 0.6) is 0 Å². The highest BCUT2D eigenvalue weighted by molar-refractivity contribution is 9.10. The molecule has 0 amide bonds. The van der Waals surface area contributed by atoms with Gasteiger partial charge in [0, 0.05) is 30.7 Å². The summed E-state index contributed by atoms with van der Waals surface area (Å²) in [5, 5.41) is 11.2. The molecule has 20 heavy (non-hydrogen) atoms. The highest BCUT2D eigenvalue weighted by atomic mass is 79.9. The summed E-state index contributed by atoms with van der Waals surface area (Å²) in [4.78, 5) is 6.55. The average molecular weight is 338 g/mol. The molecule has 1 N–H and O–H groups in total. The van der Waals surface area contributed by atoms with Crippen LogP contribution < -0.4 is 10.2 Å². The Labute approximate surface area is 124 Å². The van der Waals surface area contributed by atoms with Gasteiger partial charge < -0.3 is 10.2 Å². The molecule has 0 atom stereocenters. The molecule has 2 aromatic rings. The Morgan fingerprint density at radius 2 is 2.05 bits per heavy atom. The first-order chi connectivity index (χ1) is 9.74. The van der Waals surface area contributed by atoms with Gasteiger partial charge >= 0.3 is 0 Å². The number of halogens is 2. The zero-order chi connectivity index (χ0) is 13.9. The number of aromatic nitrogens is 3. The van der Waals surface area contributed by atoms with Crippen LogP contribution in [0.4, 0.5) is 10.2 Å². The van der Waals surface area contributed by atoms with Crippen LogP contribution in [0.25, 0.3) is 11.4 Å². The quantitative estimate of drug-likeness (QED) is 0.906. The van der Waals surface area contributed by atoms with Crippen LogP contribution in [0.2, 0.25) is 0 Å². The summed E-state index contributed by atoms with van der Waals surface area (Å²) in [6, 6.07) is 4.70. The number of nitrogens with one attached hydrogen (secondary N) is 1. The average Bonchev–Trinajstić information content (AvgIpc) is 2.51. The van der Waals surface area contributed by atoms with Gasteiger partial charge in [0.05, 0.1) is 11.8 Å². The van der Waals surface area contributed by atoms with E-state index in [4.69, 9.17) is 0 Å². The van der Waals surface area contributed by atoms with Gasteiger partial charge in [-0.25, -0.2) is 9.37 Å². The molecule has 1 aromatic heterocycles. The Morgan fingerprint density at radius 1 is 1.25 bits per heavy atom. The molecule has 0 spiro atoms. The van der Waals surface area contributed by atoms with Gasteiger partial charge in [-0.05, 0) is 18.2 Å². The highest BCUT2D eigenvalue weighted by Crippen LogP contribution is 2.24. The lowest BCUT2D eigenvalue weighted by Crippen LogP contribution is -2.44. The van der Waals surface area contributed by atoms with Crippen molar-refractivity contribution in [2.24, 2.45) is 0 Å². The third-order valence-electron chi connectivity index (χ3n) is 3.16. The van der Waals surface area contributed by atoms with Crippen molar-refractivity contribution >= 4 is 21.7 Å². The van der Waals surface area contributed by atoms with E-state index in [1.165, 1.54) is 6.07 Å². The van der Waals surface area contributed by atoms with Crippen molar-refractivity contribution in [1.29, 1.82) is 0 Å². The number of rotatable bonds is 2. The molecule has 1 saturated heterocycles. The van der Waals surface area contributed by atoms with Gasteiger partial charge in [0.15, 0.2) is 11.6 Å². The maximum absolute atomic E-state index is 13.9. The van der Waals surface area contributed by atoms with Gasteiger partial charge in [-0.2, -0.15) is 5.10 Å². The summed E-state index contributed by atoms with van der Waals surface area (Å²) in [6.07, 6.45) is 1.62. The molecule has 7 heteroatoms. The van der Waals surface area contributed by atoms with Crippen LogP contribution >= 0.6 is 15.9 Å². The van der Waals surface area contributed by atoms with Crippen molar-refractivity contribution in [3.8, 4) is 11.4 Å². The van der Waals surface area contributed by atoms with Crippen molar-refractivity contribution < 1.29 is 4.39 Å². The second-order valence-corrected chi connectivity index (χ2v) is 5.42. The lowest BCUT2D eigenvalue weighted by molar-refractivity contribution is 0.583. The molecule has 5 nitrogen and oxygen atoms in total. The van der Waals surface area contributed by atoms with E-state index in [1.54, 1.807) is 18.3 Å². The van der Waals surface area contributed by atoms with Crippen molar-refractivity contribution in [2.75, 3.05) is 31.1 Å². The molecule has 1 fully saturated rings. The molecule has 0 saturated carbocycles. The Kier molecular flexibility index (Phi) is 3.88. The summed E-state index contributed by atoms with van der Waals surface area (Å²) >= 11 is 3.33. The van der Waals surface area contributed by atoms with E-state index >= 15 is 0 Å². The van der Waals surface area contributed by atoms with E-state index in [2.05, 4.69) is 41.3 Å². The first kappa shape index (κ1) is 13.4. The summed E-state index contributed by atoms with van der Waals surface area (Å²) in [6.45, 7) is 3.54. The van der Waals surface area contributed by atoms with Crippen LogP contribution in [0.15, 0.2) is 28.9 Å². The van der Waals surface area contributed by atoms with E-state index < -0.39 is 0 Å². The first-order valence-corrected chi connectivity index (χ1v) is 7.14. The summed E-state index contributed by atoms with van der Waals surface area (Å²) in [5.41, 5.74) is 0.351. The molecule has 0 radical (unpaired) electrons. The third kappa shape index (κ3) is 2.78. The predicted octanol–water partition coefficient (Wildman–Crippen LogP) is 1.85. The molecule has 3 rings (SSSR count). The number of hydrogen-bond donors (Lipinski definition) is 1. The van der Waals surface area contributed by atoms with Gasteiger partial charge in [-0.15, -0.1) is 5.10 Å². The minimum absolute atomic E-state index is 0.305. The minimum Gasteiger partial charge on any atom is -0.353 e. The largest absolute Gasteiger partial charge is 0.353 e. The lowest BCUT2D eigenvalue weighted by Gasteiger charge is -2.28. The van der Waals surface area contributed by atoms with E-state index in [1.807, 2.05) is 0 Å². The smallest absolute Gasteiger partial charge is 0.186 e. The van der Waals surface area contributed by atoms with Crippen molar-refractivity contribution in [3.05, 3.63) is 34.7 Å². The van der Waals surface area contributed by atoms with Gasteiger partial charge in [0.2, 0.25) is 0 Å². The third-order valence-corrected chi connectivity index (χ3v) is 3.65. The van der Waals surface area contributed by atoms with Gasteiger partial charge in [-0.1, -0.05) is 15.9 Å². The highest BCUT2D eigenvalue weighted by Gasteiger charge is 2.15. The van der Waals surface area contributed by atoms with E-state index in [0.717, 1.165) is 36.5 Å². The van der Waals surface area contributed by atoms with Crippen molar-refractivity contribution in [1.82, 2.24) is 20.5 Å². The normalized spacial score (nSPS) is 15.4. The number of anilines is 1. The topological polar surface area (TPSA) is 53.9 Å². The summed E-state index contributed by atoms with van der Waals surface area (Å²) < 4.78 is 14.7. The Balaban J connectivity index is 1.96. The van der Waals surface area contributed by atoms with E-state index in [9.17, 15) is 4.39 Å². The Hall–Kier alpha value is -1.60. The molecule has 1 aliphatic heterocycles. The van der Waals surface area contributed by atoms with Crippen LogP contribution in [-0.4, -0.2) is 41.4 Å². The Morgan fingerprint density at radius 3 is 2.85 bits per heavy atom. The number of hydrogen-bond acceptors (Lipinski definition) is 5. The minimum atomic E-state index is -0.354. The molecule has 0 unspecified atom stereocenters. The maximum Gasteiger partial charge on any atom is 0.186 e. The Bertz CT molecular complexity index is 615.